The summed E-state index contributed by atoms with van der Waals surface area (Å²) in [5.74, 6) is -0.938. The Kier molecular flexibility index (Phi) is 7.32. The monoisotopic (exact) mass is 399 g/mol. The summed E-state index contributed by atoms with van der Waals surface area (Å²) in [6.07, 6.45) is 3.68. The first kappa shape index (κ1) is 21.0. The first-order valence-corrected chi connectivity index (χ1v) is 9.87. The number of hydrogen-bond acceptors (Lipinski definition) is 4. The molecule has 1 saturated heterocycles. The van der Waals surface area contributed by atoms with Gasteiger partial charge >= 0.3 is 0 Å². The van der Waals surface area contributed by atoms with Gasteiger partial charge in [0.1, 0.15) is 5.82 Å². The molecule has 6 nitrogen and oxygen atoms in total. The van der Waals surface area contributed by atoms with Gasteiger partial charge in [-0.15, -0.1) is 0 Å². The maximum atomic E-state index is 13.0. The highest BCUT2D eigenvalue weighted by molar-refractivity contribution is 6.10. The van der Waals surface area contributed by atoms with Crippen LogP contribution in [0.15, 0.2) is 48.5 Å². The van der Waals surface area contributed by atoms with Crippen LogP contribution in [-0.4, -0.2) is 47.6 Å². The minimum Gasteiger partial charge on any atom is -0.396 e. The summed E-state index contributed by atoms with van der Waals surface area (Å²) in [7, 11) is 0. The third-order valence-corrected chi connectivity index (χ3v) is 5.09. The number of carbonyl (C=O) groups excluding carboxylic acids is 2. The quantitative estimate of drug-likeness (QED) is 0.636. The van der Waals surface area contributed by atoms with Crippen LogP contribution in [0.1, 0.15) is 36.0 Å². The number of aliphatic hydroxyl groups is 1. The maximum Gasteiger partial charge on any atom is 0.257 e. The normalized spacial score (nSPS) is 16.6. The van der Waals surface area contributed by atoms with Crippen LogP contribution in [0.4, 0.5) is 15.8 Å². The molecule has 7 heteroatoms. The predicted molar refractivity (Wildman–Crippen MR) is 110 cm³/mol. The summed E-state index contributed by atoms with van der Waals surface area (Å²) in [4.78, 5) is 27.3. The molecule has 154 valence electrons. The molecule has 1 aliphatic rings. The number of rotatable bonds is 8. The molecule has 1 heterocycles. The van der Waals surface area contributed by atoms with Crippen LogP contribution < -0.4 is 10.6 Å². The Hall–Kier alpha value is -2.77. The van der Waals surface area contributed by atoms with Gasteiger partial charge < -0.3 is 15.7 Å². The third-order valence-electron chi connectivity index (χ3n) is 5.09. The fourth-order valence-corrected chi connectivity index (χ4v) is 3.65. The summed E-state index contributed by atoms with van der Waals surface area (Å²) >= 11 is 0. The number of benzene rings is 2. The van der Waals surface area contributed by atoms with E-state index in [2.05, 4.69) is 15.5 Å². The average Bonchev–Trinajstić information content (AvgIpc) is 3.15. The number of likely N-dealkylation sites (tertiary alicyclic amines) is 1. The average molecular weight is 399 g/mol. The van der Waals surface area contributed by atoms with E-state index < -0.39 is 0 Å². The van der Waals surface area contributed by atoms with Crippen molar-refractivity contribution < 1.29 is 19.1 Å². The lowest BCUT2D eigenvalue weighted by Gasteiger charge is -2.23. The van der Waals surface area contributed by atoms with E-state index in [-0.39, 0.29) is 30.8 Å². The van der Waals surface area contributed by atoms with Gasteiger partial charge in [0.15, 0.2) is 0 Å². The topological polar surface area (TPSA) is 81.7 Å². The van der Waals surface area contributed by atoms with Gasteiger partial charge in [-0.05, 0) is 68.6 Å². The number of halogens is 1. The van der Waals surface area contributed by atoms with E-state index in [1.165, 1.54) is 24.3 Å². The van der Waals surface area contributed by atoms with Gasteiger partial charge in [-0.3, -0.25) is 14.5 Å². The molecule has 3 rings (SSSR count). The van der Waals surface area contributed by atoms with Crippen molar-refractivity contribution in [2.75, 3.05) is 30.3 Å². The largest absolute Gasteiger partial charge is 0.396 e. The number of carbonyl (C=O) groups is 2. The maximum absolute atomic E-state index is 13.0. The summed E-state index contributed by atoms with van der Waals surface area (Å²) in [6.45, 7) is 1.27. The van der Waals surface area contributed by atoms with Crippen molar-refractivity contribution in [2.45, 2.75) is 31.7 Å². The summed E-state index contributed by atoms with van der Waals surface area (Å²) in [5.41, 5.74) is 1.24. The van der Waals surface area contributed by atoms with Crippen LogP contribution in [-0.2, 0) is 4.79 Å². The van der Waals surface area contributed by atoms with Gasteiger partial charge in [0.05, 0.1) is 17.8 Å². The molecule has 1 aliphatic heterocycles. The second-order valence-electron chi connectivity index (χ2n) is 7.19. The van der Waals surface area contributed by atoms with Gasteiger partial charge in [-0.2, -0.15) is 0 Å². The van der Waals surface area contributed by atoms with Crippen LogP contribution in [0.25, 0.3) is 0 Å². The molecule has 2 aromatic carbocycles. The van der Waals surface area contributed by atoms with Gasteiger partial charge in [-0.1, -0.05) is 12.1 Å². The highest BCUT2D eigenvalue weighted by Gasteiger charge is 2.26. The standard InChI is InChI=1S/C22H26FN3O3/c23-16-9-11-17(12-10-16)24-22(29)19-7-1-2-8-20(19)25-21(28)15-26-13-3-5-18(26)6-4-14-27/h1-2,7-12,18,27H,3-6,13-15H2,(H,24,29)(H,25,28). The van der Waals surface area contributed by atoms with E-state index in [1.54, 1.807) is 24.3 Å². The van der Waals surface area contributed by atoms with Crippen LogP contribution in [0.3, 0.4) is 0 Å². The van der Waals surface area contributed by atoms with Gasteiger partial charge in [0, 0.05) is 18.3 Å². The van der Waals surface area contributed by atoms with Crippen molar-refractivity contribution in [1.29, 1.82) is 0 Å². The Bertz CT molecular complexity index is 841. The van der Waals surface area contributed by atoms with Crippen molar-refractivity contribution >= 4 is 23.2 Å². The van der Waals surface area contributed by atoms with Crippen molar-refractivity contribution in [1.82, 2.24) is 4.90 Å². The molecule has 3 N–H and O–H groups in total. The second-order valence-corrected chi connectivity index (χ2v) is 7.19. The highest BCUT2D eigenvalue weighted by atomic mass is 19.1. The van der Waals surface area contributed by atoms with Gasteiger partial charge in [-0.25, -0.2) is 4.39 Å². The number of hydrogen-bond donors (Lipinski definition) is 3. The minimum absolute atomic E-state index is 0.160. The van der Waals surface area contributed by atoms with Crippen molar-refractivity contribution in [3.8, 4) is 0 Å². The zero-order valence-electron chi connectivity index (χ0n) is 16.2. The number of nitrogens with zero attached hydrogens (tertiary/aromatic N) is 1. The van der Waals surface area contributed by atoms with E-state index in [1.807, 2.05) is 0 Å². The molecule has 0 bridgehead atoms. The number of para-hydroxylation sites is 1. The number of anilines is 2. The molecule has 0 saturated carbocycles. The molecule has 2 aromatic rings. The zero-order valence-corrected chi connectivity index (χ0v) is 16.2. The van der Waals surface area contributed by atoms with Gasteiger partial charge in [0.25, 0.3) is 5.91 Å². The van der Waals surface area contributed by atoms with Gasteiger partial charge in [0.2, 0.25) is 5.91 Å². The Morgan fingerprint density at radius 3 is 2.62 bits per heavy atom. The summed E-state index contributed by atoms with van der Waals surface area (Å²) in [5, 5.41) is 14.6. The Labute approximate surface area is 169 Å². The molecule has 1 fully saturated rings. The first-order valence-electron chi connectivity index (χ1n) is 9.87. The Morgan fingerprint density at radius 2 is 1.86 bits per heavy atom. The molecule has 0 aromatic heterocycles. The Balaban J connectivity index is 1.63. The fraction of sp³-hybridized carbons (Fsp3) is 0.364. The molecule has 1 unspecified atom stereocenters. The lowest BCUT2D eigenvalue weighted by atomic mass is 10.1. The zero-order chi connectivity index (χ0) is 20.6. The van der Waals surface area contributed by atoms with Crippen molar-refractivity contribution in [3.05, 3.63) is 59.9 Å². The lowest BCUT2D eigenvalue weighted by molar-refractivity contribution is -0.117. The summed E-state index contributed by atoms with van der Waals surface area (Å²) in [6, 6.07) is 12.6. The van der Waals surface area contributed by atoms with E-state index in [0.717, 1.165) is 32.2 Å². The minimum atomic E-state index is -0.380. The first-order chi connectivity index (χ1) is 14.1. The molecule has 2 amide bonds. The number of amides is 2. The number of aliphatic hydroxyl groups excluding tert-OH is 1. The Morgan fingerprint density at radius 1 is 1.10 bits per heavy atom. The SMILES string of the molecule is O=C(CN1CCCC1CCCO)Nc1ccccc1C(=O)Nc1ccc(F)cc1. The lowest BCUT2D eigenvalue weighted by Crippen LogP contribution is -2.37. The van der Waals surface area contributed by atoms with E-state index in [0.29, 0.717) is 23.0 Å². The predicted octanol–water partition coefficient (Wildman–Crippen LogP) is 3.25. The van der Waals surface area contributed by atoms with E-state index >= 15 is 0 Å². The summed E-state index contributed by atoms with van der Waals surface area (Å²) < 4.78 is 13.0. The van der Waals surface area contributed by atoms with Crippen LogP contribution >= 0.6 is 0 Å². The fourth-order valence-electron chi connectivity index (χ4n) is 3.65. The molecular weight excluding hydrogens is 373 g/mol. The van der Waals surface area contributed by atoms with E-state index in [9.17, 15) is 14.0 Å². The van der Waals surface area contributed by atoms with Crippen LogP contribution in [0.5, 0.6) is 0 Å². The molecule has 1 atom stereocenters. The van der Waals surface area contributed by atoms with Crippen LogP contribution in [0, 0.1) is 5.82 Å². The molecule has 0 spiro atoms. The molecule has 0 aliphatic carbocycles. The highest BCUT2D eigenvalue weighted by Crippen LogP contribution is 2.22. The smallest absolute Gasteiger partial charge is 0.257 e. The molecular formula is C22H26FN3O3. The number of nitrogens with one attached hydrogen (secondary N) is 2. The van der Waals surface area contributed by atoms with E-state index in [4.69, 9.17) is 5.11 Å². The second kappa shape index (κ2) is 10.1. The molecule has 0 radical (unpaired) electrons. The third kappa shape index (κ3) is 5.85. The van der Waals surface area contributed by atoms with Crippen molar-refractivity contribution in [2.24, 2.45) is 0 Å². The van der Waals surface area contributed by atoms with Crippen molar-refractivity contribution in [3.63, 3.8) is 0 Å². The molecule has 29 heavy (non-hydrogen) atoms. The van der Waals surface area contributed by atoms with Crippen LogP contribution in [0.2, 0.25) is 0 Å².